The summed E-state index contributed by atoms with van der Waals surface area (Å²) >= 11 is 0. The molecule has 1 nitrogen and oxygen atoms in total. The molecule has 0 spiro atoms. The third-order valence-corrected chi connectivity index (χ3v) is 5.32. The van der Waals surface area contributed by atoms with Crippen LogP contribution in [0, 0.1) is 0 Å². The van der Waals surface area contributed by atoms with Gasteiger partial charge in [-0.1, -0.05) is 37.8 Å². The standard InChI is InChI=1S/C19H33N/c1-3-5-6-7-8-9-10-12-18-14-16-19-15-13-17(11-4-2)20(18)19/h3-4,17-19H,1-2,5-16H2. The summed E-state index contributed by atoms with van der Waals surface area (Å²) in [6.07, 6.45) is 20.8. The molecule has 2 heterocycles. The molecule has 0 bridgehead atoms. The second-order valence-electron chi connectivity index (χ2n) is 6.72. The quantitative estimate of drug-likeness (QED) is 0.377. The van der Waals surface area contributed by atoms with Gasteiger partial charge in [0.15, 0.2) is 0 Å². The van der Waals surface area contributed by atoms with Gasteiger partial charge < -0.3 is 0 Å². The SMILES string of the molecule is C=CCCCCCCCC1CCC2CCC(CC=C)N12. The van der Waals surface area contributed by atoms with Crippen LogP contribution in [0.2, 0.25) is 0 Å². The van der Waals surface area contributed by atoms with Crippen molar-refractivity contribution in [2.75, 3.05) is 0 Å². The van der Waals surface area contributed by atoms with Crippen molar-refractivity contribution in [3.63, 3.8) is 0 Å². The van der Waals surface area contributed by atoms with E-state index in [1.165, 1.54) is 77.0 Å². The number of fused-ring (bicyclic) bond motifs is 1. The molecule has 3 unspecified atom stereocenters. The van der Waals surface area contributed by atoms with Crippen molar-refractivity contribution < 1.29 is 0 Å². The van der Waals surface area contributed by atoms with Gasteiger partial charge in [-0.2, -0.15) is 0 Å². The summed E-state index contributed by atoms with van der Waals surface area (Å²) in [6, 6.07) is 2.62. The van der Waals surface area contributed by atoms with Crippen LogP contribution in [0.15, 0.2) is 25.3 Å². The molecule has 2 rings (SSSR count). The average Bonchev–Trinajstić information content (AvgIpc) is 3.02. The Morgan fingerprint density at radius 2 is 1.50 bits per heavy atom. The molecule has 0 saturated carbocycles. The summed E-state index contributed by atoms with van der Waals surface area (Å²) in [4.78, 5) is 2.87. The zero-order valence-electron chi connectivity index (χ0n) is 13.2. The fourth-order valence-corrected chi connectivity index (χ4v) is 4.33. The minimum atomic E-state index is 0.817. The molecule has 0 radical (unpaired) electrons. The van der Waals surface area contributed by atoms with Crippen LogP contribution < -0.4 is 0 Å². The monoisotopic (exact) mass is 275 g/mol. The van der Waals surface area contributed by atoms with Crippen LogP contribution in [-0.4, -0.2) is 23.0 Å². The van der Waals surface area contributed by atoms with Gasteiger partial charge in [-0.05, 0) is 51.4 Å². The van der Waals surface area contributed by atoms with Gasteiger partial charge in [0, 0.05) is 18.1 Å². The van der Waals surface area contributed by atoms with E-state index in [2.05, 4.69) is 24.1 Å². The Hall–Kier alpha value is -0.560. The van der Waals surface area contributed by atoms with Crippen molar-refractivity contribution in [1.29, 1.82) is 0 Å². The van der Waals surface area contributed by atoms with E-state index >= 15 is 0 Å². The second-order valence-corrected chi connectivity index (χ2v) is 6.72. The molecule has 3 atom stereocenters. The maximum atomic E-state index is 3.94. The van der Waals surface area contributed by atoms with Gasteiger partial charge >= 0.3 is 0 Å². The smallest absolute Gasteiger partial charge is 0.0136 e. The van der Waals surface area contributed by atoms with Crippen molar-refractivity contribution in [3.8, 4) is 0 Å². The fraction of sp³-hybridized carbons (Fsp3) is 0.789. The van der Waals surface area contributed by atoms with Gasteiger partial charge in [0.2, 0.25) is 0 Å². The summed E-state index contributed by atoms with van der Waals surface area (Å²) in [6.45, 7) is 7.73. The highest BCUT2D eigenvalue weighted by Crippen LogP contribution is 2.39. The first-order chi connectivity index (χ1) is 9.86. The molecule has 114 valence electrons. The Morgan fingerprint density at radius 3 is 2.25 bits per heavy atom. The van der Waals surface area contributed by atoms with Crippen LogP contribution in [0.1, 0.15) is 77.0 Å². The molecule has 2 saturated heterocycles. The molecule has 0 amide bonds. The topological polar surface area (TPSA) is 3.24 Å². The van der Waals surface area contributed by atoms with Gasteiger partial charge in [0.25, 0.3) is 0 Å². The molecule has 0 aliphatic carbocycles. The van der Waals surface area contributed by atoms with Gasteiger partial charge in [-0.3, -0.25) is 4.90 Å². The van der Waals surface area contributed by atoms with E-state index in [1.54, 1.807) is 0 Å². The highest BCUT2D eigenvalue weighted by molar-refractivity contribution is 4.99. The van der Waals surface area contributed by atoms with E-state index in [4.69, 9.17) is 0 Å². The lowest BCUT2D eigenvalue weighted by Crippen LogP contribution is -2.37. The molecule has 2 aliphatic rings. The van der Waals surface area contributed by atoms with Crippen LogP contribution in [0.4, 0.5) is 0 Å². The Kier molecular flexibility index (Phi) is 6.86. The zero-order valence-corrected chi connectivity index (χ0v) is 13.2. The summed E-state index contributed by atoms with van der Waals surface area (Å²) in [5, 5.41) is 0. The molecule has 0 aromatic heterocycles. The molecular formula is C19H33N. The number of hydrogen-bond donors (Lipinski definition) is 0. The normalized spacial score (nSPS) is 29.5. The number of nitrogens with zero attached hydrogens (tertiary/aromatic N) is 1. The Balaban J connectivity index is 1.63. The minimum absolute atomic E-state index is 0.817. The van der Waals surface area contributed by atoms with E-state index in [0.717, 1.165) is 18.1 Å². The molecule has 1 heteroatoms. The van der Waals surface area contributed by atoms with E-state index < -0.39 is 0 Å². The third kappa shape index (κ3) is 4.22. The summed E-state index contributed by atoms with van der Waals surface area (Å²) < 4.78 is 0. The average molecular weight is 275 g/mol. The third-order valence-electron chi connectivity index (χ3n) is 5.32. The number of rotatable bonds is 10. The Bertz CT molecular complexity index is 296. The van der Waals surface area contributed by atoms with Crippen LogP contribution in [0.5, 0.6) is 0 Å². The van der Waals surface area contributed by atoms with E-state index in [1.807, 2.05) is 6.08 Å². The molecule has 0 N–H and O–H groups in total. The largest absolute Gasteiger partial charge is 0.294 e. The van der Waals surface area contributed by atoms with Crippen LogP contribution in [0.3, 0.4) is 0 Å². The maximum absolute atomic E-state index is 3.94. The van der Waals surface area contributed by atoms with Gasteiger partial charge in [-0.15, -0.1) is 13.2 Å². The predicted octanol–water partition coefficient (Wildman–Crippen LogP) is 5.47. The van der Waals surface area contributed by atoms with Crippen molar-refractivity contribution >= 4 is 0 Å². The first-order valence-corrected chi connectivity index (χ1v) is 8.86. The molecular weight excluding hydrogens is 242 g/mol. The Labute approximate surface area is 126 Å². The second kappa shape index (κ2) is 8.67. The summed E-state index contributed by atoms with van der Waals surface area (Å²) in [5.74, 6) is 0. The number of allylic oxidation sites excluding steroid dienone is 1. The zero-order chi connectivity index (χ0) is 14.2. The highest BCUT2D eigenvalue weighted by atomic mass is 15.3. The van der Waals surface area contributed by atoms with Gasteiger partial charge in [-0.25, -0.2) is 0 Å². The summed E-state index contributed by atoms with van der Waals surface area (Å²) in [7, 11) is 0. The van der Waals surface area contributed by atoms with Crippen molar-refractivity contribution in [2.45, 2.75) is 95.2 Å². The number of unbranched alkanes of at least 4 members (excludes halogenated alkanes) is 5. The van der Waals surface area contributed by atoms with E-state index in [0.29, 0.717) is 0 Å². The maximum Gasteiger partial charge on any atom is 0.0136 e. The van der Waals surface area contributed by atoms with Crippen LogP contribution in [-0.2, 0) is 0 Å². The lowest BCUT2D eigenvalue weighted by Gasteiger charge is -2.30. The first kappa shape index (κ1) is 15.8. The highest BCUT2D eigenvalue weighted by Gasteiger charge is 2.41. The van der Waals surface area contributed by atoms with Gasteiger partial charge in [0.05, 0.1) is 0 Å². The van der Waals surface area contributed by atoms with E-state index in [9.17, 15) is 0 Å². The van der Waals surface area contributed by atoms with Crippen molar-refractivity contribution in [1.82, 2.24) is 4.90 Å². The van der Waals surface area contributed by atoms with Crippen molar-refractivity contribution in [2.24, 2.45) is 0 Å². The van der Waals surface area contributed by atoms with Crippen LogP contribution >= 0.6 is 0 Å². The Morgan fingerprint density at radius 1 is 0.800 bits per heavy atom. The minimum Gasteiger partial charge on any atom is -0.294 e. The first-order valence-electron chi connectivity index (χ1n) is 8.86. The predicted molar refractivity (Wildman–Crippen MR) is 89.0 cm³/mol. The molecule has 0 aromatic rings. The van der Waals surface area contributed by atoms with Gasteiger partial charge in [0.1, 0.15) is 0 Å². The molecule has 2 aliphatic heterocycles. The fourth-order valence-electron chi connectivity index (χ4n) is 4.33. The molecule has 2 fully saturated rings. The number of hydrogen-bond acceptors (Lipinski definition) is 1. The lowest BCUT2D eigenvalue weighted by molar-refractivity contribution is 0.171. The van der Waals surface area contributed by atoms with Crippen LogP contribution in [0.25, 0.3) is 0 Å². The van der Waals surface area contributed by atoms with E-state index in [-0.39, 0.29) is 0 Å². The molecule has 20 heavy (non-hydrogen) atoms. The lowest BCUT2D eigenvalue weighted by atomic mass is 10.0. The summed E-state index contributed by atoms with van der Waals surface area (Å²) in [5.41, 5.74) is 0. The van der Waals surface area contributed by atoms with Crippen molar-refractivity contribution in [3.05, 3.63) is 25.3 Å². The molecule has 0 aromatic carbocycles.